The zero-order chi connectivity index (χ0) is 46.3. The standard InChI is InChI=1S/C10H17N6O13P3.C9H16N3O13P3S/c11-7-4-8(15-10(12)14-7)16(2-13-4)9-6(18)5(17)3(27-9)1-26-31(22,23)29-32(24,25)28-30(19,20)21;10-5-1-2-12(9(29)11-5)8-7(14)6(13)4(23-8)3-22-27(18,19)25-28(20,21)24-26(15,16)17/h2-3,5-6,9,17-18H,1H2,(H,22,23)(H,24,25)(H2,19,20,21)(H4,11,12,14,15);1-2,4,6-8,13-14H,3H2,(H,18,19)(H,20,21)(H2,10,11,29)(H2,15,16,17)/t3-,5-,6-,9-;4-,6-,7-,8-/m11/s1. The number of nitrogen functional groups attached to an aromatic ring is 3. The fraction of sp³-hybridized carbons (Fsp3) is 0.526. The van der Waals surface area contributed by atoms with Gasteiger partial charge < -0.3 is 86.2 Å². The molecule has 346 valence electrons. The summed E-state index contributed by atoms with van der Waals surface area (Å²) in [6.07, 6.45) is -9.68. The molecule has 12 atom stereocenters. The second kappa shape index (κ2) is 19.1. The molecule has 2 fully saturated rings. The lowest BCUT2D eigenvalue weighted by Crippen LogP contribution is -2.33. The summed E-state index contributed by atoms with van der Waals surface area (Å²) in [5.74, 6) is -0.194. The van der Waals surface area contributed by atoms with Crippen LogP contribution in [0.15, 0.2) is 18.6 Å². The van der Waals surface area contributed by atoms with Crippen molar-refractivity contribution < 1.29 is 123 Å². The molecular weight excluding hydrogens is 988 g/mol. The van der Waals surface area contributed by atoms with Crippen LogP contribution in [0.25, 0.3) is 11.2 Å². The zero-order valence-corrected chi connectivity index (χ0v) is 35.5. The zero-order valence-electron chi connectivity index (χ0n) is 29.4. The molecule has 5 rings (SSSR count). The normalized spacial score (nSPS) is 28.6. The van der Waals surface area contributed by atoms with Crippen molar-refractivity contribution in [3.05, 3.63) is 23.4 Å². The maximum Gasteiger partial charge on any atom is 0.490 e. The molecule has 3 aromatic rings. The summed E-state index contributed by atoms with van der Waals surface area (Å²) in [5.41, 5.74) is 16.8. The van der Waals surface area contributed by atoms with E-state index in [0.29, 0.717) is 0 Å². The minimum atomic E-state index is -5.72. The number of hydrogen-bond donors (Lipinski definition) is 15. The average Bonchev–Trinajstić information content (AvgIpc) is 3.69. The molecule has 2 aliphatic rings. The van der Waals surface area contributed by atoms with Crippen molar-refractivity contribution in [3.8, 4) is 0 Å². The first-order chi connectivity index (χ1) is 27.7. The van der Waals surface area contributed by atoms with Crippen LogP contribution in [-0.4, -0.2) is 138 Å². The highest BCUT2D eigenvalue weighted by Crippen LogP contribution is 2.67. The van der Waals surface area contributed by atoms with Crippen molar-refractivity contribution in [1.29, 1.82) is 0 Å². The molecule has 0 amide bonds. The SMILES string of the molecule is Nc1ccn([C@@H]2O[C@H](COP(=O)(O)OP(=O)(O)OP(=O)(O)O)[C@@H](O)[C@H]2O)c(=S)n1.Nc1nc(N)c2ncn([C@@H]3O[C@H](COP(=O)(O)OP(=O)(O)OP(=O)(O)O)[C@@H](O)[C@H]3O)c2n1. The summed E-state index contributed by atoms with van der Waals surface area (Å²) in [6.45, 7) is -1.93. The number of fused-ring (bicyclic) bond motifs is 1. The van der Waals surface area contributed by atoms with Crippen molar-refractivity contribution in [1.82, 2.24) is 29.1 Å². The Morgan fingerprint density at radius 1 is 0.639 bits per heavy atom. The van der Waals surface area contributed by atoms with E-state index in [4.69, 9.17) is 68.3 Å². The molecule has 18 N–H and O–H groups in total. The number of phosphoric acid groups is 6. The van der Waals surface area contributed by atoms with Gasteiger partial charge in [-0.3, -0.25) is 18.2 Å². The number of ether oxygens (including phenoxy) is 2. The average molecular weight is 1020 g/mol. The fourth-order valence-corrected chi connectivity index (χ4v) is 11.2. The first-order valence-corrected chi connectivity index (χ1v) is 24.8. The van der Waals surface area contributed by atoms with E-state index in [1.807, 2.05) is 0 Å². The Balaban J connectivity index is 0.000000270. The molecule has 2 saturated heterocycles. The van der Waals surface area contributed by atoms with Crippen molar-refractivity contribution in [2.45, 2.75) is 49.1 Å². The third-order valence-corrected chi connectivity index (χ3v) is 15.1. The highest BCUT2D eigenvalue weighted by atomic mass is 32.1. The van der Waals surface area contributed by atoms with Crippen LogP contribution in [0.5, 0.6) is 0 Å². The summed E-state index contributed by atoms with van der Waals surface area (Å²) in [4.78, 5) is 86.4. The van der Waals surface area contributed by atoms with Crippen molar-refractivity contribution in [2.75, 3.05) is 30.4 Å². The summed E-state index contributed by atoms with van der Waals surface area (Å²) >= 11 is 4.96. The molecule has 0 saturated carbocycles. The van der Waals surface area contributed by atoms with E-state index in [1.165, 1.54) is 12.3 Å². The number of phosphoric ester groups is 2. The van der Waals surface area contributed by atoms with E-state index in [0.717, 1.165) is 15.5 Å². The molecule has 0 spiro atoms. The molecule has 42 heteroatoms. The minimum Gasteiger partial charge on any atom is -0.387 e. The second-order valence-corrected chi connectivity index (χ2v) is 20.9. The van der Waals surface area contributed by atoms with E-state index in [-0.39, 0.29) is 33.5 Å². The molecule has 0 bridgehead atoms. The van der Waals surface area contributed by atoms with Gasteiger partial charge in [0.2, 0.25) is 10.7 Å². The third kappa shape index (κ3) is 14.4. The topological polar surface area (TPSA) is 558 Å². The number of nitrogens with zero attached hydrogens (tertiary/aromatic N) is 6. The van der Waals surface area contributed by atoms with Crippen LogP contribution in [0.1, 0.15) is 12.5 Å². The number of nitrogens with two attached hydrogens (primary N) is 3. The van der Waals surface area contributed by atoms with Gasteiger partial charge in [0.1, 0.15) is 48.0 Å². The van der Waals surface area contributed by atoms with Crippen LogP contribution in [-0.2, 0) is 63.2 Å². The maximum atomic E-state index is 11.8. The number of aliphatic hydroxyl groups excluding tert-OH is 4. The first kappa shape index (κ1) is 51.5. The summed E-state index contributed by atoms with van der Waals surface area (Å²) in [5, 5.41) is 40.6. The molecule has 0 radical (unpaired) electrons. The van der Waals surface area contributed by atoms with Gasteiger partial charge in [-0.05, 0) is 18.3 Å². The largest absolute Gasteiger partial charge is 0.490 e. The van der Waals surface area contributed by atoms with E-state index in [2.05, 4.69) is 46.2 Å². The molecule has 0 aromatic carbocycles. The summed E-state index contributed by atoms with van der Waals surface area (Å²) < 4.78 is 103. The Bertz CT molecular complexity index is 2430. The van der Waals surface area contributed by atoms with Crippen LogP contribution in [0.2, 0.25) is 0 Å². The molecular formula is C19H33N9O26P6S. The second-order valence-electron chi connectivity index (χ2n) is 11.7. The number of aliphatic hydroxyl groups is 4. The van der Waals surface area contributed by atoms with E-state index in [1.54, 1.807) is 0 Å². The minimum absolute atomic E-state index is 0.0415. The van der Waals surface area contributed by atoms with Gasteiger partial charge in [0.15, 0.2) is 23.9 Å². The van der Waals surface area contributed by atoms with Crippen LogP contribution in [0.4, 0.5) is 17.6 Å². The van der Waals surface area contributed by atoms with Gasteiger partial charge in [-0.15, -0.1) is 0 Å². The molecule has 35 nitrogen and oxygen atoms in total. The predicted molar refractivity (Wildman–Crippen MR) is 193 cm³/mol. The first-order valence-electron chi connectivity index (χ1n) is 15.4. The lowest BCUT2D eigenvalue weighted by molar-refractivity contribution is -0.0532. The van der Waals surface area contributed by atoms with Gasteiger partial charge >= 0.3 is 46.9 Å². The number of aromatic nitrogens is 6. The maximum absolute atomic E-state index is 11.8. The van der Waals surface area contributed by atoms with Crippen molar-refractivity contribution in [3.63, 3.8) is 0 Å². The molecule has 2 aliphatic heterocycles. The Hall–Kier alpha value is -2.17. The number of imidazole rings is 1. The Morgan fingerprint density at radius 2 is 1.08 bits per heavy atom. The number of anilines is 3. The Morgan fingerprint density at radius 3 is 1.51 bits per heavy atom. The number of hydrogen-bond acceptors (Lipinski definition) is 26. The van der Waals surface area contributed by atoms with Crippen LogP contribution in [0, 0.1) is 4.77 Å². The lowest BCUT2D eigenvalue weighted by Gasteiger charge is -2.19. The van der Waals surface area contributed by atoms with Gasteiger partial charge in [0.05, 0.1) is 19.5 Å². The van der Waals surface area contributed by atoms with Crippen LogP contribution < -0.4 is 17.2 Å². The van der Waals surface area contributed by atoms with E-state index < -0.39 is 109 Å². The molecule has 61 heavy (non-hydrogen) atoms. The molecule has 4 unspecified atom stereocenters. The van der Waals surface area contributed by atoms with Crippen LogP contribution >= 0.6 is 59.2 Å². The summed E-state index contributed by atoms with van der Waals surface area (Å²) in [7, 11) is -33.4. The van der Waals surface area contributed by atoms with E-state index in [9.17, 15) is 57.6 Å². The highest BCUT2D eigenvalue weighted by molar-refractivity contribution is 7.71. The van der Waals surface area contributed by atoms with Gasteiger partial charge in [-0.2, -0.15) is 27.2 Å². The third-order valence-electron chi connectivity index (χ3n) is 7.18. The fourth-order valence-electron chi connectivity index (χ4n) is 4.90. The van der Waals surface area contributed by atoms with Crippen molar-refractivity contribution in [2.24, 2.45) is 0 Å². The lowest BCUT2D eigenvalue weighted by atomic mass is 10.1. The molecule has 5 heterocycles. The number of rotatable bonds is 16. The van der Waals surface area contributed by atoms with Crippen molar-refractivity contribution >= 4 is 87.9 Å². The Kier molecular flexibility index (Phi) is 16.1. The van der Waals surface area contributed by atoms with Crippen LogP contribution in [0.3, 0.4) is 0 Å². The van der Waals surface area contributed by atoms with Gasteiger partial charge in [-0.25, -0.2) is 37.4 Å². The highest BCUT2D eigenvalue weighted by Gasteiger charge is 2.48. The smallest absolute Gasteiger partial charge is 0.387 e. The summed E-state index contributed by atoms with van der Waals surface area (Å²) in [6, 6.07) is 1.33. The van der Waals surface area contributed by atoms with E-state index >= 15 is 0 Å². The van der Waals surface area contributed by atoms with Gasteiger partial charge in [0, 0.05) is 6.20 Å². The predicted octanol–water partition coefficient (Wildman–Crippen LogP) is -2.89. The quantitative estimate of drug-likeness (QED) is 0.0506. The van der Waals surface area contributed by atoms with Gasteiger partial charge in [0.25, 0.3) is 0 Å². The monoisotopic (exact) mass is 1020 g/mol. The Labute approximate surface area is 342 Å². The molecule has 0 aliphatic carbocycles. The molecule has 3 aromatic heterocycles. The van der Waals surface area contributed by atoms with Gasteiger partial charge in [-0.1, -0.05) is 0 Å².